The van der Waals surface area contributed by atoms with Gasteiger partial charge in [0.15, 0.2) is 11.5 Å². The largest absolute Gasteiger partial charge is 0.493 e. The summed E-state index contributed by atoms with van der Waals surface area (Å²) < 4.78 is 10.5. The van der Waals surface area contributed by atoms with Crippen LogP contribution in [0, 0.1) is 0 Å². The molecule has 1 heterocycles. The highest BCUT2D eigenvalue weighted by atomic mass is 35.5. The number of anilines is 1. The third kappa shape index (κ3) is 4.86. The van der Waals surface area contributed by atoms with Crippen molar-refractivity contribution < 1.29 is 19.1 Å². The monoisotopic (exact) mass is 403 g/mol. The van der Waals surface area contributed by atoms with Gasteiger partial charge in [0.2, 0.25) is 5.91 Å². The highest BCUT2D eigenvalue weighted by molar-refractivity contribution is 6.18. The number of rotatable bonds is 8. The minimum atomic E-state index is -0.281. The molecule has 0 aromatic heterocycles. The number of carbonyl (C=O) groups is 2. The van der Waals surface area contributed by atoms with E-state index in [2.05, 4.69) is 5.32 Å². The van der Waals surface area contributed by atoms with Gasteiger partial charge in [0.1, 0.15) is 0 Å². The Morgan fingerprint density at radius 2 is 1.88 bits per heavy atom. The van der Waals surface area contributed by atoms with E-state index in [-0.39, 0.29) is 24.4 Å². The molecule has 3 amide bonds. The number of halogens is 2. The summed E-state index contributed by atoms with van der Waals surface area (Å²) in [5.41, 5.74) is 0.697. The molecule has 0 spiro atoms. The molecule has 1 aromatic carbocycles. The van der Waals surface area contributed by atoms with Gasteiger partial charge in [-0.1, -0.05) is 0 Å². The Morgan fingerprint density at radius 3 is 2.46 bits per heavy atom. The molecule has 1 N–H and O–H groups in total. The maximum absolute atomic E-state index is 12.4. The van der Waals surface area contributed by atoms with Crippen LogP contribution in [0.2, 0.25) is 0 Å². The van der Waals surface area contributed by atoms with Crippen LogP contribution in [-0.2, 0) is 4.79 Å². The van der Waals surface area contributed by atoms with Crippen LogP contribution < -0.4 is 19.7 Å². The van der Waals surface area contributed by atoms with Crippen molar-refractivity contribution in [1.29, 1.82) is 0 Å². The van der Waals surface area contributed by atoms with E-state index in [9.17, 15) is 9.59 Å². The maximum Gasteiger partial charge on any atom is 0.317 e. The van der Waals surface area contributed by atoms with Gasteiger partial charge in [-0.15, -0.1) is 23.2 Å². The smallest absolute Gasteiger partial charge is 0.317 e. The second-order valence-electron chi connectivity index (χ2n) is 5.76. The molecule has 1 fully saturated rings. The number of nitrogens with one attached hydrogen (secondary N) is 1. The van der Waals surface area contributed by atoms with Crippen molar-refractivity contribution in [3.8, 4) is 11.5 Å². The lowest BCUT2D eigenvalue weighted by atomic mass is 10.2. The number of urea groups is 1. The normalized spacial score (nSPS) is 16.5. The number of ether oxygens (including phenoxy) is 2. The lowest BCUT2D eigenvalue weighted by molar-refractivity contribution is -0.117. The lowest BCUT2D eigenvalue weighted by Crippen LogP contribution is -2.47. The van der Waals surface area contributed by atoms with E-state index in [0.29, 0.717) is 48.6 Å². The fourth-order valence-corrected chi connectivity index (χ4v) is 3.24. The van der Waals surface area contributed by atoms with Crippen molar-refractivity contribution in [2.24, 2.45) is 0 Å². The Labute approximate surface area is 163 Å². The second-order valence-corrected chi connectivity index (χ2v) is 6.52. The van der Waals surface area contributed by atoms with E-state index in [0.717, 1.165) is 0 Å². The van der Waals surface area contributed by atoms with Crippen molar-refractivity contribution in [2.75, 3.05) is 50.5 Å². The minimum absolute atomic E-state index is 0.0660. The maximum atomic E-state index is 12.4. The second kappa shape index (κ2) is 9.73. The SMILES string of the molecule is COc1ccc(N2C[C@@H](NC(=O)N(CCCl)CCCl)CC2=O)cc1OC. The molecule has 0 saturated carbocycles. The Hall–Kier alpha value is -1.86. The van der Waals surface area contributed by atoms with Crippen LogP contribution in [-0.4, -0.2) is 68.5 Å². The number of benzene rings is 1. The number of carbonyl (C=O) groups excluding carboxylic acids is 2. The zero-order chi connectivity index (χ0) is 19.1. The molecule has 9 heteroatoms. The topological polar surface area (TPSA) is 71.1 Å². The number of methoxy groups -OCH3 is 2. The third-order valence-corrected chi connectivity index (χ3v) is 4.47. The first-order valence-electron chi connectivity index (χ1n) is 8.23. The predicted octanol–water partition coefficient (Wildman–Crippen LogP) is 2.30. The molecular formula is C17H23Cl2N3O4. The van der Waals surface area contributed by atoms with E-state index in [1.165, 1.54) is 0 Å². The van der Waals surface area contributed by atoms with Crippen molar-refractivity contribution in [2.45, 2.75) is 12.5 Å². The summed E-state index contributed by atoms with van der Waals surface area (Å²) in [6.07, 6.45) is 0.232. The minimum Gasteiger partial charge on any atom is -0.493 e. The summed E-state index contributed by atoms with van der Waals surface area (Å²) in [6, 6.07) is 4.73. The molecule has 0 bridgehead atoms. The molecule has 7 nitrogen and oxygen atoms in total. The molecule has 2 rings (SSSR count). The van der Waals surface area contributed by atoms with Crippen LogP contribution in [0.5, 0.6) is 11.5 Å². The van der Waals surface area contributed by atoms with Crippen molar-refractivity contribution in [3.63, 3.8) is 0 Å². The Kier molecular flexibility index (Phi) is 7.66. The Balaban J connectivity index is 2.05. The van der Waals surface area contributed by atoms with Crippen molar-refractivity contribution in [3.05, 3.63) is 18.2 Å². The standard InChI is InChI=1S/C17H23Cl2N3O4/c1-25-14-4-3-13(10-15(14)26-2)22-11-12(9-16(22)23)20-17(24)21(7-5-18)8-6-19/h3-4,10,12H,5-9,11H2,1-2H3,(H,20,24)/t12-/m0/s1. The van der Waals surface area contributed by atoms with Gasteiger partial charge < -0.3 is 24.6 Å². The van der Waals surface area contributed by atoms with Crippen LogP contribution in [0.15, 0.2) is 18.2 Å². The molecule has 1 saturated heterocycles. The molecule has 26 heavy (non-hydrogen) atoms. The zero-order valence-electron chi connectivity index (χ0n) is 14.8. The molecule has 1 aromatic rings. The van der Waals surface area contributed by atoms with Gasteiger partial charge in [-0.25, -0.2) is 4.79 Å². The Bertz CT molecular complexity index is 638. The molecule has 144 valence electrons. The van der Waals surface area contributed by atoms with Gasteiger partial charge in [-0.3, -0.25) is 4.79 Å². The average molecular weight is 404 g/mol. The number of nitrogens with zero attached hydrogens (tertiary/aromatic N) is 2. The van der Waals surface area contributed by atoms with Gasteiger partial charge in [-0.05, 0) is 12.1 Å². The van der Waals surface area contributed by atoms with E-state index in [4.69, 9.17) is 32.7 Å². The molecule has 1 atom stereocenters. The van der Waals surface area contributed by atoms with Gasteiger partial charge in [-0.2, -0.15) is 0 Å². The molecular weight excluding hydrogens is 381 g/mol. The van der Waals surface area contributed by atoms with Crippen molar-refractivity contribution >= 4 is 40.8 Å². The fourth-order valence-electron chi connectivity index (χ4n) is 2.83. The van der Waals surface area contributed by atoms with E-state index in [1.807, 2.05) is 0 Å². The third-order valence-electron chi connectivity index (χ3n) is 4.13. The summed E-state index contributed by atoms with van der Waals surface area (Å²) in [7, 11) is 3.09. The summed E-state index contributed by atoms with van der Waals surface area (Å²) in [4.78, 5) is 27.9. The highest BCUT2D eigenvalue weighted by Gasteiger charge is 2.32. The van der Waals surface area contributed by atoms with Gasteiger partial charge in [0.25, 0.3) is 0 Å². The first-order chi connectivity index (χ1) is 12.5. The quantitative estimate of drug-likeness (QED) is 0.675. The van der Waals surface area contributed by atoms with E-state index < -0.39 is 0 Å². The molecule has 1 aliphatic rings. The Morgan fingerprint density at radius 1 is 1.23 bits per heavy atom. The molecule has 0 aliphatic carbocycles. The van der Waals surface area contributed by atoms with Crippen LogP contribution in [0.25, 0.3) is 0 Å². The van der Waals surface area contributed by atoms with Crippen molar-refractivity contribution in [1.82, 2.24) is 10.2 Å². The number of amides is 3. The van der Waals surface area contributed by atoms with E-state index in [1.54, 1.807) is 42.2 Å². The van der Waals surface area contributed by atoms with Crippen LogP contribution in [0.3, 0.4) is 0 Å². The van der Waals surface area contributed by atoms with Crippen LogP contribution >= 0.6 is 23.2 Å². The molecule has 0 unspecified atom stereocenters. The van der Waals surface area contributed by atoms with E-state index >= 15 is 0 Å². The summed E-state index contributed by atoms with van der Waals surface area (Å²) >= 11 is 11.4. The number of hydrogen-bond donors (Lipinski definition) is 1. The lowest BCUT2D eigenvalue weighted by Gasteiger charge is -2.23. The number of hydrogen-bond acceptors (Lipinski definition) is 4. The first-order valence-corrected chi connectivity index (χ1v) is 9.30. The molecule has 0 radical (unpaired) electrons. The summed E-state index contributed by atoms with van der Waals surface area (Å²) in [6.45, 7) is 1.19. The van der Waals surface area contributed by atoms with Crippen LogP contribution in [0.4, 0.5) is 10.5 Å². The van der Waals surface area contributed by atoms with Crippen LogP contribution in [0.1, 0.15) is 6.42 Å². The first kappa shape index (κ1) is 20.5. The fraction of sp³-hybridized carbons (Fsp3) is 0.529. The number of alkyl halides is 2. The average Bonchev–Trinajstić information content (AvgIpc) is 3.00. The summed E-state index contributed by atoms with van der Waals surface area (Å²) in [5.74, 6) is 1.71. The molecule has 1 aliphatic heterocycles. The van der Waals surface area contributed by atoms with Gasteiger partial charge in [0.05, 0.1) is 20.3 Å². The van der Waals surface area contributed by atoms with Gasteiger partial charge in [0, 0.05) is 49.6 Å². The predicted molar refractivity (Wildman–Crippen MR) is 102 cm³/mol. The zero-order valence-corrected chi connectivity index (χ0v) is 16.3. The summed E-state index contributed by atoms with van der Waals surface area (Å²) in [5, 5.41) is 2.88. The van der Waals surface area contributed by atoms with Gasteiger partial charge >= 0.3 is 6.03 Å². The highest BCUT2D eigenvalue weighted by Crippen LogP contribution is 2.33.